The number of carbonyl (C=O) groups is 1. The van der Waals surface area contributed by atoms with Crippen molar-refractivity contribution in [3.8, 4) is 0 Å². The van der Waals surface area contributed by atoms with Crippen LogP contribution in [-0.4, -0.2) is 40.7 Å². The van der Waals surface area contributed by atoms with Gasteiger partial charge in [-0.2, -0.15) is 13.2 Å². The molecule has 1 aromatic heterocycles. The number of alkyl halides is 3. The summed E-state index contributed by atoms with van der Waals surface area (Å²) in [4.78, 5) is 13.2. The molecule has 8 heteroatoms. The summed E-state index contributed by atoms with van der Waals surface area (Å²) >= 11 is 1.94. The minimum atomic E-state index is -4.26. The normalized spacial score (nSPS) is 16.4. The summed E-state index contributed by atoms with van der Waals surface area (Å²) in [5, 5.41) is 4.25. The van der Waals surface area contributed by atoms with Gasteiger partial charge in [-0.05, 0) is 53.6 Å². The number of nitrogens with zero attached hydrogens (tertiary/aromatic N) is 2. The second-order valence-electron chi connectivity index (χ2n) is 6.33. The van der Waals surface area contributed by atoms with Crippen LogP contribution < -0.4 is 5.32 Å². The molecule has 25 heavy (non-hydrogen) atoms. The molecular weight excluding hydrogens is 446 g/mol. The molecule has 1 N–H and O–H groups in total. The van der Waals surface area contributed by atoms with Gasteiger partial charge in [-0.3, -0.25) is 4.79 Å². The van der Waals surface area contributed by atoms with Gasteiger partial charge in [0.05, 0.1) is 9.22 Å². The highest BCUT2D eigenvalue weighted by molar-refractivity contribution is 14.1. The Morgan fingerprint density at radius 2 is 2.00 bits per heavy atom. The Morgan fingerprint density at radius 1 is 1.32 bits per heavy atom. The Morgan fingerprint density at radius 3 is 2.60 bits per heavy atom. The number of fused-ring (bicyclic) bond motifs is 1. The molecule has 1 aliphatic heterocycles. The van der Waals surface area contributed by atoms with Crippen LogP contribution in [0, 0.1) is 3.70 Å². The van der Waals surface area contributed by atoms with E-state index in [9.17, 15) is 18.0 Å². The third kappa shape index (κ3) is 4.21. The second kappa shape index (κ2) is 7.05. The summed E-state index contributed by atoms with van der Waals surface area (Å²) in [5.74, 6) is 0.0827. The van der Waals surface area contributed by atoms with E-state index < -0.39 is 12.7 Å². The van der Waals surface area contributed by atoms with Crippen molar-refractivity contribution < 1.29 is 18.0 Å². The van der Waals surface area contributed by atoms with Gasteiger partial charge >= 0.3 is 6.18 Å². The maximum Gasteiger partial charge on any atom is 0.406 e. The maximum absolute atomic E-state index is 12.8. The van der Waals surface area contributed by atoms with Gasteiger partial charge < -0.3 is 14.8 Å². The highest BCUT2D eigenvalue weighted by atomic mass is 127. The van der Waals surface area contributed by atoms with Crippen LogP contribution in [-0.2, 0) is 11.3 Å². The Bertz CT molecular complexity index is 779. The minimum absolute atomic E-state index is 0.0827. The van der Waals surface area contributed by atoms with Crippen molar-refractivity contribution in [2.75, 3.05) is 18.4 Å². The molecule has 1 aliphatic rings. The molecule has 0 unspecified atom stereocenters. The summed E-state index contributed by atoms with van der Waals surface area (Å²) in [5.41, 5.74) is 1.42. The monoisotopic (exact) mass is 465 g/mol. The smallest absolute Gasteiger partial charge is 0.382 e. The quantitative estimate of drug-likeness (QED) is 0.690. The number of carbonyl (C=O) groups excluding carboxylic acids is 1. The van der Waals surface area contributed by atoms with Crippen molar-refractivity contribution in [1.29, 1.82) is 0 Å². The van der Waals surface area contributed by atoms with Crippen molar-refractivity contribution in [3.05, 3.63) is 28.0 Å². The molecule has 0 atom stereocenters. The molecule has 1 saturated heterocycles. The first kappa shape index (κ1) is 18.3. The molecule has 0 spiro atoms. The van der Waals surface area contributed by atoms with Crippen LogP contribution in [0.25, 0.3) is 10.9 Å². The fourth-order valence-corrected chi connectivity index (χ4v) is 4.02. The van der Waals surface area contributed by atoms with Crippen LogP contribution in [0.3, 0.4) is 0 Å². The summed E-state index contributed by atoms with van der Waals surface area (Å²) in [7, 11) is 0. The molecule has 4 nitrogen and oxygen atoms in total. The molecule has 0 saturated carbocycles. The van der Waals surface area contributed by atoms with Crippen molar-refractivity contribution in [1.82, 2.24) is 9.47 Å². The van der Waals surface area contributed by atoms with Crippen LogP contribution >= 0.6 is 22.6 Å². The number of benzene rings is 1. The van der Waals surface area contributed by atoms with Crippen molar-refractivity contribution >= 4 is 45.1 Å². The maximum atomic E-state index is 12.8. The number of piperidine rings is 1. The van der Waals surface area contributed by atoms with Crippen molar-refractivity contribution in [3.63, 3.8) is 0 Å². The molecule has 3 rings (SSSR count). The number of likely N-dealkylation sites (tertiary alicyclic amines) is 1. The topological polar surface area (TPSA) is 37.3 Å². The van der Waals surface area contributed by atoms with E-state index in [1.54, 1.807) is 25.1 Å². The van der Waals surface area contributed by atoms with Crippen molar-refractivity contribution in [2.24, 2.45) is 0 Å². The predicted molar refractivity (Wildman–Crippen MR) is 99.6 cm³/mol. The van der Waals surface area contributed by atoms with Gasteiger partial charge in [0, 0.05) is 37.1 Å². The Balaban J connectivity index is 1.81. The number of anilines is 1. The zero-order valence-corrected chi connectivity index (χ0v) is 15.9. The number of hydrogen-bond donors (Lipinski definition) is 1. The first-order valence-corrected chi connectivity index (χ1v) is 9.19. The lowest BCUT2D eigenvalue weighted by Crippen LogP contribution is -2.41. The Labute approximate surface area is 157 Å². The molecule has 0 radical (unpaired) electrons. The van der Waals surface area contributed by atoms with E-state index in [0.29, 0.717) is 22.3 Å². The van der Waals surface area contributed by atoms with E-state index in [-0.39, 0.29) is 11.9 Å². The zero-order valence-electron chi connectivity index (χ0n) is 13.7. The SMILES string of the molecule is CC(=O)N1CCC(Nc2cccc3c2cc(I)n3CC(F)(F)F)CC1. The molecule has 1 amide bonds. The average molecular weight is 465 g/mol. The Hall–Kier alpha value is -1.45. The summed E-state index contributed by atoms with van der Waals surface area (Å²) in [6.45, 7) is 1.99. The van der Waals surface area contributed by atoms with E-state index in [1.807, 2.05) is 33.6 Å². The average Bonchev–Trinajstić information content (AvgIpc) is 2.84. The molecule has 1 aromatic carbocycles. The van der Waals surface area contributed by atoms with Gasteiger partial charge in [-0.1, -0.05) is 6.07 Å². The van der Waals surface area contributed by atoms with Crippen LogP contribution in [0.2, 0.25) is 0 Å². The second-order valence-corrected chi connectivity index (χ2v) is 7.44. The number of rotatable bonds is 3. The molecule has 2 aromatic rings. The first-order chi connectivity index (χ1) is 11.7. The number of halogens is 4. The molecule has 1 fully saturated rings. The lowest BCUT2D eigenvalue weighted by atomic mass is 10.0. The highest BCUT2D eigenvalue weighted by Crippen LogP contribution is 2.31. The van der Waals surface area contributed by atoms with E-state index in [1.165, 1.54) is 4.57 Å². The number of nitrogens with one attached hydrogen (secondary N) is 1. The Kier molecular flexibility index (Phi) is 5.17. The fraction of sp³-hybridized carbons (Fsp3) is 0.471. The first-order valence-electron chi connectivity index (χ1n) is 8.11. The van der Waals surface area contributed by atoms with Crippen LogP contribution in [0.5, 0.6) is 0 Å². The van der Waals surface area contributed by atoms with Crippen LogP contribution in [0.15, 0.2) is 24.3 Å². The molecule has 0 bridgehead atoms. The zero-order chi connectivity index (χ0) is 18.2. The van der Waals surface area contributed by atoms with E-state index in [4.69, 9.17) is 0 Å². The van der Waals surface area contributed by atoms with Gasteiger partial charge in [0.1, 0.15) is 6.54 Å². The van der Waals surface area contributed by atoms with Crippen LogP contribution in [0.4, 0.5) is 18.9 Å². The van der Waals surface area contributed by atoms with E-state index in [2.05, 4.69) is 5.32 Å². The standard InChI is InChI=1S/C17H19F3IN3O/c1-11(25)23-7-5-12(6-8-23)22-14-3-2-4-15-13(14)9-16(21)24(15)10-17(18,19)20/h2-4,9,12,22H,5-8,10H2,1H3. The number of aromatic nitrogens is 1. The van der Waals surface area contributed by atoms with Crippen molar-refractivity contribution in [2.45, 2.75) is 38.5 Å². The van der Waals surface area contributed by atoms with Crippen LogP contribution in [0.1, 0.15) is 19.8 Å². The molecule has 136 valence electrons. The van der Waals surface area contributed by atoms with E-state index in [0.717, 1.165) is 23.9 Å². The number of amides is 1. The third-order valence-electron chi connectivity index (χ3n) is 4.53. The minimum Gasteiger partial charge on any atom is -0.382 e. The molecule has 2 heterocycles. The van der Waals surface area contributed by atoms with Gasteiger partial charge in [-0.25, -0.2) is 0 Å². The van der Waals surface area contributed by atoms with Gasteiger partial charge in [0.2, 0.25) is 5.91 Å². The van der Waals surface area contributed by atoms with Gasteiger partial charge in [0.25, 0.3) is 0 Å². The molecule has 0 aliphatic carbocycles. The van der Waals surface area contributed by atoms with Gasteiger partial charge in [0.15, 0.2) is 0 Å². The molecular formula is C17H19F3IN3O. The largest absolute Gasteiger partial charge is 0.406 e. The summed E-state index contributed by atoms with van der Waals surface area (Å²) < 4.78 is 40.3. The fourth-order valence-electron chi connectivity index (χ4n) is 3.28. The number of hydrogen-bond acceptors (Lipinski definition) is 2. The summed E-state index contributed by atoms with van der Waals surface area (Å²) in [6, 6.07) is 7.39. The van der Waals surface area contributed by atoms with E-state index >= 15 is 0 Å². The van der Waals surface area contributed by atoms with Gasteiger partial charge in [-0.15, -0.1) is 0 Å². The predicted octanol–water partition coefficient (Wildman–Crippen LogP) is 4.23. The summed E-state index contributed by atoms with van der Waals surface area (Å²) in [6.07, 6.45) is -2.60. The highest BCUT2D eigenvalue weighted by Gasteiger charge is 2.30. The third-order valence-corrected chi connectivity index (χ3v) is 5.43. The lowest BCUT2D eigenvalue weighted by molar-refractivity contribution is -0.140. The lowest BCUT2D eigenvalue weighted by Gasteiger charge is -2.32.